The third-order valence-corrected chi connectivity index (χ3v) is 3.10. The number of hydrogen-bond donors (Lipinski definition) is 2. The van der Waals surface area contributed by atoms with Gasteiger partial charge in [0.05, 0.1) is 0 Å². The topological polar surface area (TPSA) is 85.8 Å². The molecule has 0 spiro atoms. The van der Waals surface area contributed by atoms with Crippen molar-refractivity contribution in [1.29, 1.82) is 0 Å². The van der Waals surface area contributed by atoms with Crippen LogP contribution in [0.5, 0.6) is 0 Å². The van der Waals surface area contributed by atoms with Gasteiger partial charge in [0.2, 0.25) is 5.91 Å². The van der Waals surface area contributed by atoms with Crippen molar-refractivity contribution in [3.05, 3.63) is 42.0 Å². The first-order valence-electron chi connectivity index (χ1n) is 6.59. The molecule has 6 nitrogen and oxygen atoms in total. The fraction of sp³-hybridized carbons (Fsp3) is 0.357. The number of nitrogens with zero attached hydrogens (tertiary/aromatic N) is 3. The first-order chi connectivity index (χ1) is 9.65. The zero-order valence-electron chi connectivity index (χ0n) is 11.5. The summed E-state index contributed by atoms with van der Waals surface area (Å²) in [5.41, 5.74) is 7.47. The Hall–Kier alpha value is -2.37. The average Bonchev–Trinajstić information content (AvgIpc) is 2.84. The zero-order chi connectivity index (χ0) is 14.4. The fourth-order valence-electron chi connectivity index (χ4n) is 1.88. The van der Waals surface area contributed by atoms with Crippen molar-refractivity contribution in [1.82, 2.24) is 20.1 Å². The molecule has 6 heteroatoms. The Morgan fingerprint density at radius 3 is 2.70 bits per heavy atom. The van der Waals surface area contributed by atoms with Gasteiger partial charge in [0.15, 0.2) is 0 Å². The van der Waals surface area contributed by atoms with Crippen LogP contribution in [-0.2, 0) is 24.7 Å². The molecular formula is C14H19N5O. The van der Waals surface area contributed by atoms with Crippen molar-refractivity contribution in [3.63, 3.8) is 0 Å². The number of carbonyl (C=O) groups is 1. The molecule has 0 unspecified atom stereocenters. The van der Waals surface area contributed by atoms with Gasteiger partial charge in [-0.15, -0.1) is 10.2 Å². The summed E-state index contributed by atoms with van der Waals surface area (Å²) in [6.45, 7) is 0.576. The quantitative estimate of drug-likeness (QED) is 0.758. The fourth-order valence-corrected chi connectivity index (χ4v) is 1.88. The Morgan fingerprint density at radius 1 is 1.30 bits per heavy atom. The van der Waals surface area contributed by atoms with Crippen LogP contribution in [0.4, 0.5) is 5.69 Å². The highest BCUT2D eigenvalue weighted by atomic mass is 16.1. The number of hydrogen-bond acceptors (Lipinski definition) is 4. The summed E-state index contributed by atoms with van der Waals surface area (Å²) >= 11 is 0. The number of aryl methyl sites for hydroxylation is 2. The molecule has 0 aliphatic carbocycles. The summed E-state index contributed by atoms with van der Waals surface area (Å²) in [6.07, 6.45) is 3.53. The molecule has 1 aromatic carbocycles. The van der Waals surface area contributed by atoms with Gasteiger partial charge in [-0.3, -0.25) is 4.79 Å². The number of amides is 1. The molecule has 3 N–H and O–H groups in total. The van der Waals surface area contributed by atoms with Gasteiger partial charge in [-0.1, -0.05) is 12.1 Å². The number of carbonyl (C=O) groups excluding carboxylic acids is 1. The van der Waals surface area contributed by atoms with Crippen LogP contribution in [-0.4, -0.2) is 27.2 Å². The van der Waals surface area contributed by atoms with Gasteiger partial charge in [0, 0.05) is 32.1 Å². The first kappa shape index (κ1) is 14.0. The number of aromatic nitrogens is 3. The van der Waals surface area contributed by atoms with Gasteiger partial charge in [-0.2, -0.15) is 0 Å². The highest BCUT2D eigenvalue weighted by Gasteiger charge is 2.04. The Balaban J connectivity index is 1.68. The molecule has 1 aromatic heterocycles. The van der Waals surface area contributed by atoms with E-state index in [1.54, 1.807) is 6.33 Å². The van der Waals surface area contributed by atoms with Crippen LogP contribution in [0.3, 0.4) is 0 Å². The monoisotopic (exact) mass is 273 g/mol. The van der Waals surface area contributed by atoms with Crippen LogP contribution in [0.2, 0.25) is 0 Å². The van der Waals surface area contributed by atoms with Crippen LogP contribution >= 0.6 is 0 Å². The largest absolute Gasteiger partial charge is 0.399 e. The molecule has 0 atom stereocenters. The van der Waals surface area contributed by atoms with Crippen molar-refractivity contribution in [2.75, 3.05) is 12.3 Å². The molecule has 2 aromatic rings. The van der Waals surface area contributed by atoms with Crippen molar-refractivity contribution in [3.8, 4) is 0 Å². The molecule has 0 aliphatic rings. The third kappa shape index (κ3) is 4.08. The second-order valence-corrected chi connectivity index (χ2v) is 4.70. The van der Waals surface area contributed by atoms with Gasteiger partial charge in [0.25, 0.3) is 0 Å². The minimum atomic E-state index is 0.0454. The number of nitrogens with one attached hydrogen (secondary N) is 1. The summed E-state index contributed by atoms with van der Waals surface area (Å²) in [7, 11) is 1.89. The van der Waals surface area contributed by atoms with Crippen LogP contribution < -0.4 is 11.1 Å². The molecule has 1 heterocycles. The highest BCUT2D eigenvalue weighted by molar-refractivity contribution is 5.76. The molecule has 20 heavy (non-hydrogen) atoms. The van der Waals surface area contributed by atoms with E-state index < -0.39 is 0 Å². The SMILES string of the molecule is Cn1cnnc1CCNC(=O)CCc1ccc(N)cc1. The maximum atomic E-state index is 11.7. The maximum Gasteiger partial charge on any atom is 0.220 e. The van der Waals surface area contributed by atoms with E-state index in [1.807, 2.05) is 35.9 Å². The Labute approximate surface area is 118 Å². The van der Waals surface area contributed by atoms with Crippen molar-refractivity contribution >= 4 is 11.6 Å². The van der Waals surface area contributed by atoms with Crippen molar-refractivity contribution in [2.24, 2.45) is 7.05 Å². The molecule has 0 aliphatic heterocycles. The van der Waals surface area contributed by atoms with E-state index in [4.69, 9.17) is 5.73 Å². The minimum Gasteiger partial charge on any atom is -0.399 e. The van der Waals surface area contributed by atoms with Gasteiger partial charge >= 0.3 is 0 Å². The van der Waals surface area contributed by atoms with Gasteiger partial charge < -0.3 is 15.6 Å². The van der Waals surface area contributed by atoms with E-state index in [0.29, 0.717) is 19.4 Å². The summed E-state index contributed by atoms with van der Waals surface area (Å²) < 4.78 is 1.85. The maximum absolute atomic E-state index is 11.7. The van der Waals surface area contributed by atoms with Gasteiger partial charge in [0.1, 0.15) is 12.2 Å². The predicted octanol–water partition coefficient (Wildman–Crippen LogP) is 0.689. The first-order valence-corrected chi connectivity index (χ1v) is 6.59. The van der Waals surface area contributed by atoms with E-state index in [0.717, 1.165) is 23.5 Å². The number of nitrogens with two attached hydrogens (primary N) is 1. The highest BCUT2D eigenvalue weighted by Crippen LogP contribution is 2.07. The molecule has 0 fully saturated rings. The van der Waals surface area contributed by atoms with E-state index in [9.17, 15) is 4.79 Å². The third-order valence-electron chi connectivity index (χ3n) is 3.10. The summed E-state index contributed by atoms with van der Waals surface area (Å²) in [6, 6.07) is 7.59. The van der Waals surface area contributed by atoms with Crippen LogP contribution in [0.25, 0.3) is 0 Å². The van der Waals surface area contributed by atoms with E-state index in [2.05, 4.69) is 15.5 Å². The average molecular weight is 273 g/mol. The lowest BCUT2D eigenvalue weighted by atomic mass is 10.1. The number of rotatable bonds is 6. The van der Waals surface area contributed by atoms with Crippen molar-refractivity contribution < 1.29 is 4.79 Å². The Bertz CT molecular complexity index is 561. The van der Waals surface area contributed by atoms with Crippen LogP contribution in [0.15, 0.2) is 30.6 Å². The lowest BCUT2D eigenvalue weighted by Gasteiger charge is -2.05. The normalized spacial score (nSPS) is 10.4. The molecule has 0 bridgehead atoms. The summed E-state index contributed by atoms with van der Waals surface area (Å²) in [5, 5.41) is 10.6. The lowest BCUT2D eigenvalue weighted by Crippen LogP contribution is -2.26. The Kier molecular flexibility index (Phi) is 4.70. The lowest BCUT2D eigenvalue weighted by molar-refractivity contribution is -0.121. The van der Waals surface area contributed by atoms with Crippen LogP contribution in [0, 0.1) is 0 Å². The molecule has 0 radical (unpaired) electrons. The van der Waals surface area contributed by atoms with Gasteiger partial charge in [-0.05, 0) is 24.1 Å². The van der Waals surface area contributed by atoms with E-state index in [1.165, 1.54) is 0 Å². The van der Waals surface area contributed by atoms with E-state index >= 15 is 0 Å². The molecule has 1 amide bonds. The molecule has 106 valence electrons. The standard InChI is InChI=1S/C14H19N5O/c1-19-10-17-18-13(19)8-9-16-14(20)7-4-11-2-5-12(15)6-3-11/h2-3,5-6,10H,4,7-9,15H2,1H3,(H,16,20). The second-order valence-electron chi connectivity index (χ2n) is 4.70. The number of benzene rings is 1. The Morgan fingerprint density at radius 2 is 2.05 bits per heavy atom. The zero-order valence-corrected chi connectivity index (χ0v) is 11.5. The molecule has 0 saturated heterocycles. The smallest absolute Gasteiger partial charge is 0.220 e. The van der Waals surface area contributed by atoms with Crippen LogP contribution in [0.1, 0.15) is 17.8 Å². The van der Waals surface area contributed by atoms with E-state index in [-0.39, 0.29) is 5.91 Å². The minimum absolute atomic E-state index is 0.0454. The van der Waals surface area contributed by atoms with Gasteiger partial charge in [-0.25, -0.2) is 0 Å². The summed E-state index contributed by atoms with van der Waals surface area (Å²) in [4.78, 5) is 11.7. The second kappa shape index (κ2) is 6.70. The predicted molar refractivity (Wildman–Crippen MR) is 76.9 cm³/mol. The molecule has 2 rings (SSSR count). The van der Waals surface area contributed by atoms with Crippen molar-refractivity contribution in [2.45, 2.75) is 19.3 Å². The summed E-state index contributed by atoms with van der Waals surface area (Å²) in [5.74, 6) is 0.910. The number of anilines is 1. The molecule has 0 saturated carbocycles. The number of nitrogen functional groups attached to an aromatic ring is 1. The molecular weight excluding hydrogens is 254 g/mol.